The number of nitrogens with two attached hydrogens (primary N) is 1. The molecule has 0 atom stereocenters. The highest BCUT2D eigenvalue weighted by molar-refractivity contribution is 6.33. The topological polar surface area (TPSA) is 43.8 Å². The minimum Gasteiger partial charge on any atom is -0.383 e. The molecule has 0 aliphatic heterocycles. The molecule has 1 aromatic heterocycles. The maximum Gasteiger partial charge on any atom is 0.141 e. The predicted molar refractivity (Wildman–Crippen MR) is 66.9 cm³/mol. The van der Waals surface area contributed by atoms with Crippen LogP contribution in [0.2, 0.25) is 10.0 Å². The van der Waals surface area contributed by atoms with Crippen LogP contribution in [0, 0.1) is 6.92 Å². The van der Waals surface area contributed by atoms with Gasteiger partial charge < -0.3 is 5.73 Å². The number of aromatic nitrogens is 2. The molecule has 1 aromatic carbocycles. The zero-order valence-corrected chi connectivity index (χ0v) is 10.3. The first-order valence-electron chi connectivity index (χ1n) is 4.81. The van der Waals surface area contributed by atoms with Crippen LogP contribution in [0.4, 0.5) is 5.82 Å². The second-order valence-corrected chi connectivity index (χ2v) is 4.32. The molecule has 0 bridgehead atoms. The third kappa shape index (κ3) is 2.01. The van der Waals surface area contributed by atoms with Crippen LogP contribution in [0.15, 0.2) is 24.3 Å². The van der Waals surface area contributed by atoms with Crippen LogP contribution in [-0.4, -0.2) is 9.78 Å². The summed E-state index contributed by atoms with van der Waals surface area (Å²) in [6.45, 7) is 2.35. The molecule has 3 nitrogen and oxygen atoms in total. The van der Waals surface area contributed by atoms with Crippen LogP contribution >= 0.6 is 23.2 Å². The molecule has 0 saturated heterocycles. The van der Waals surface area contributed by atoms with Crippen LogP contribution < -0.4 is 5.73 Å². The van der Waals surface area contributed by atoms with Crippen LogP contribution in [0.1, 0.15) is 11.3 Å². The number of benzene rings is 1. The van der Waals surface area contributed by atoms with E-state index in [1.54, 1.807) is 4.68 Å². The van der Waals surface area contributed by atoms with E-state index >= 15 is 0 Å². The molecular formula is C11H11Cl2N3. The molecule has 0 fully saturated rings. The fourth-order valence-corrected chi connectivity index (χ4v) is 1.82. The van der Waals surface area contributed by atoms with Crippen LogP contribution in [-0.2, 0) is 6.54 Å². The molecule has 0 amide bonds. The van der Waals surface area contributed by atoms with Gasteiger partial charge in [0.1, 0.15) is 10.8 Å². The zero-order valence-electron chi connectivity index (χ0n) is 8.74. The van der Waals surface area contributed by atoms with Crippen molar-refractivity contribution in [3.05, 3.63) is 45.6 Å². The van der Waals surface area contributed by atoms with Crippen molar-refractivity contribution in [2.75, 3.05) is 5.73 Å². The normalized spacial score (nSPS) is 10.7. The number of rotatable bonds is 2. The van der Waals surface area contributed by atoms with Gasteiger partial charge >= 0.3 is 0 Å². The van der Waals surface area contributed by atoms with E-state index < -0.39 is 0 Å². The second-order valence-electron chi connectivity index (χ2n) is 3.53. The van der Waals surface area contributed by atoms with Gasteiger partial charge in [-0.25, -0.2) is 4.68 Å². The number of halogens is 2. The van der Waals surface area contributed by atoms with Crippen molar-refractivity contribution in [2.45, 2.75) is 13.5 Å². The molecule has 2 N–H and O–H groups in total. The van der Waals surface area contributed by atoms with Gasteiger partial charge in [-0.05, 0) is 18.6 Å². The van der Waals surface area contributed by atoms with Gasteiger partial charge in [-0.2, -0.15) is 5.10 Å². The third-order valence-corrected chi connectivity index (χ3v) is 3.21. The van der Waals surface area contributed by atoms with Gasteiger partial charge in [-0.1, -0.05) is 41.4 Å². The Labute approximate surface area is 104 Å². The van der Waals surface area contributed by atoms with Crippen molar-refractivity contribution < 1.29 is 0 Å². The maximum absolute atomic E-state index is 6.06. The lowest BCUT2D eigenvalue weighted by molar-refractivity contribution is 0.689. The Morgan fingerprint density at radius 2 is 2.00 bits per heavy atom. The van der Waals surface area contributed by atoms with Gasteiger partial charge in [-0.15, -0.1) is 0 Å². The van der Waals surface area contributed by atoms with E-state index in [0.717, 1.165) is 11.3 Å². The van der Waals surface area contributed by atoms with E-state index in [-0.39, 0.29) is 0 Å². The molecule has 2 rings (SSSR count). The summed E-state index contributed by atoms with van der Waals surface area (Å²) < 4.78 is 1.65. The smallest absolute Gasteiger partial charge is 0.141 e. The van der Waals surface area contributed by atoms with Crippen LogP contribution in [0.5, 0.6) is 0 Å². The molecule has 0 aliphatic carbocycles. The van der Waals surface area contributed by atoms with Crippen molar-refractivity contribution >= 4 is 29.0 Å². The van der Waals surface area contributed by atoms with E-state index in [1.807, 2.05) is 31.2 Å². The highest BCUT2D eigenvalue weighted by atomic mass is 35.5. The summed E-state index contributed by atoms with van der Waals surface area (Å²) in [5.41, 5.74) is 7.52. The summed E-state index contributed by atoms with van der Waals surface area (Å²) in [6, 6.07) is 7.59. The molecule has 0 aliphatic rings. The number of nitrogen functional groups attached to an aromatic ring is 1. The average molecular weight is 256 g/mol. The van der Waals surface area contributed by atoms with Gasteiger partial charge in [0.2, 0.25) is 0 Å². The Morgan fingerprint density at radius 3 is 2.56 bits per heavy atom. The molecule has 16 heavy (non-hydrogen) atoms. The van der Waals surface area contributed by atoms with Crippen molar-refractivity contribution in [1.29, 1.82) is 0 Å². The first kappa shape index (κ1) is 11.3. The van der Waals surface area contributed by atoms with Gasteiger partial charge in [0, 0.05) is 5.02 Å². The summed E-state index contributed by atoms with van der Waals surface area (Å²) in [6.07, 6.45) is 0. The largest absolute Gasteiger partial charge is 0.383 e. The number of hydrogen-bond donors (Lipinski definition) is 1. The summed E-state index contributed by atoms with van der Waals surface area (Å²) in [4.78, 5) is 0. The molecule has 2 aromatic rings. The molecule has 0 spiro atoms. The Morgan fingerprint density at radius 1 is 1.31 bits per heavy atom. The molecule has 1 heterocycles. The molecular weight excluding hydrogens is 245 g/mol. The Kier molecular flexibility index (Phi) is 3.08. The van der Waals surface area contributed by atoms with E-state index in [0.29, 0.717) is 22.4 Å². The standard InChI is InChI=1S/C11H11Cl2N3/c1-7-10(13)11(14)16(15-7)6-8-4-2-3-5-9(8)12/h2-5H,6,14H2,1H3. The minimum absolute atomic E-state index is 0.471. The number of nitrogens with zero attached hydrogens (tertiary/aromatic N) is 2. The van der Waals surface area contributed by atoms with Gasteiger partial charge in [0.25, 0.3) is 0 Å². The molecule has 5 heteroatoms. The SMILES string of the molecule is Cc1nn(Cc2ccccc2Cl)c(N)c1Cl. The van der Waals surface area contributed by atoms with E-state index in [2.05, 4.69) is 5.10 Å². The number of aryl methyl sites for hydroxylation is 1. The van der Waals surface area contributed by atoms with E-state index in [9.17, 15) is 0 Å². The highest BCUT2D eigenvalue weighted by Gasteiger charge is 2.11. The Hall–Kier alpha value is -1.19. The van der Waals surface area contributed by atoms with Crippen molar-refractivity contribution in [3.8, 4) is 0 Å². The first-order chi connectivity index (χ1) is 7.59. The second kappa shape index (κ2) is 4.36. The highest BCUT2D eigenvalue weighted by Crippen LogP contribution is 2.24. The fraction of sp³-hybridized carbons (Fsp3) is 0.182. The average Bonchev–Trinajstić information content (AvgIpc) is 2.50. The van der Waals surface area contributed by atoms with Gasteiger partial charge in [0.05, 0.1) is 12.2 Å². The van der Waals surface area contributed by atoms with Crippen molar-refractivity contribution in [2.24, 2.45) is 0 Å². The maximum atomic E-state index is 6.06. The van der Waals surface area contributed by atoms with Gasteiger partial charge in [0.15, 0.2) is 0 Å². The predicted octanol–water partition coefficient (Wildman–Crippen LogP) is 3.13. The summed E-state index contributed by atoms with van der Waals surface area (Å²) in [5.74, 6) is 0.471. The molecule has 0 unspecified atom stereocenters. The lowest BCUT2D eigenvalue weighted by Crippen LogP contribution is -2.06. The Balaban J connectivity index is 2.34. The molecule has 0 saturated carbocycles. The molecule has 0 radical (unpaired) electrons. The lowest BCUT2D eigenvalue weighted by atomic mass is 10.2. The zero-order chi connectivity index (χ0) is 11.7. The lowest BCUT2D eigenvalue weighted by Gasteiger charge is -2.05. The van der Waals surface area contributed by atoms with E-state index in [4.69, 9.17) is 28.9 Å². The van der Waals surface area contributed by atoms with Crippen molar-refractivity contribution in [3.63, 3.8) is 0 Å². The monoisotopic (exact) mass is 255 g/mol. The minimum atomic E-state index is 0.471. The number of hydrogen-bond acceptors (Lipinski definition) is 2. The third-order valence-electron chi connectivity index (χ3n) is 2.37. The summed E-state index contributed by atoms with van der Waals surface area (Å²) >= 11 is 12.0. The van der Waals surface area contributed by atoms with Crippen LogP contribution in [0.3, 0.4) is 0 Å². The van der Waals surface area contributed by atoms with E-state index in [1.165, 1.54) is 0 Å². The summed E-state index contributed by atoms with van der Waals surface area (Å²) in [7, 11) is 0. The van der Waals surface area contributed by atoms with Gasteiger partial charge in [-0.3, -0.25) is 0 Å². The quantitative estimate of drug-likeness (QED) is 0.897. The van der Waals surface area contributed by atoms with Crippen LogP contribution in [0.25, 0.3) is 0 Å². The molecule has 84 valence electrons. The summed E-state index contributed by atoms with van der Waals surface area (Å²) in [5, 5.41) is 5.45. The first-order valence-corrected chi connectivity index (χ1v) is 5.57. The Bertz CT molecular complexity index is 520. The van der Waals surface area contributed by atoms with Crippen molar-refractivity contribution in [1.82, 2.24) is 9.78 Å². The fourth-order valence-electron chi connectivity index (χ4n) is 1.49. The number of anilines is 1.